The van der Waals surface area contributed by atoms with Crippen molar-refractivity contribution in [2.75, 3.05) is 36.5 Å². The molecular weight excluding hydrogens is 394 g/mol. The fourth-order valence-electron chi connectivity index (χ4n) is 3.70. The predicted octanol–water partition coefficient (Wildman–Crippen LogP) is 3.12. The standard InChI is InChI=1S/C24H29N3O4/c1-16-10-17(2)12-19(11-16)24(30)25-14-23(29)31-15-22(28)26-21-7-6-20(13-18(21)3)27-8-4-5-9-27/h6-7,10-13H,4-5,8-9,14-15H2,1-3H3,(H,25,30)(H,26,28). The van der Waals surface area contributed by atoms with Gasteiger partial charge in [0.2, 0.25) is 0 Å². The third-order valence-corrected chi connectivity index (χ3v) is 5.20. The summed E-state index contributed by atoms with van der Waals surface area (Å²) in [6.45, 7) is 7.14. The molecule has 0 saturated carbocycles. The molecule has 0 atom stereocenters. The van der Waals surface area contributed by atoms with Crippen LogP contribution in [0.15, 0.2) is 36.4 Å². The van der Waals surface area contributed by atoms with Gasteiger partial charge >= 0.3 is 5.97 Å². The number of rotatable bonds is 7. The van der Waals surface area contributed by atoms with Crippen molar-refractivity contribution in [1.29, 1.82) is 0 Å². The van der Waals surface area contributed by atoms with E-state index in [4.69, 9.17) is 4.74 Å². The Balaban J connectivity index is 1.43. The van der Waals surface area contributed by atoms with Crippen molar-refractivity contribution < 1.29 is 19.1 Å². The van der Waals surface area contributed by atoms with Gasteiger partial charge < -0.3 is 20.3 Å². The third-order valence-electron chi connectivity index (χ3n) is 5.20. The molecule has 0 spiro atoms. The molecule has 0 aliphatic carbocycles. The second kappa shape index (κ2) is 10.1. The quantitative estimate of drug-likeness (QED) is 0.668. The number of nitrogens with zero attached hydrogens (tertiary/aromatic N) is 1. The SMILES string of the molecule is Cc1cc(C)cc(C(=O)NCC(=O)OCC(=O)Nc2ccc(N3CCCC3)cc2C)c1. The van der Waals surface area contributed by atoms with E-state index < -0.39 is 18.5 Å². The topological polar surface area (TPSA) is 87.7 Å². The Hall–Kier alpha value is -3.35. The molecule has 3 rings (SSSR count). The monoisotopic (exact) mass is 423 g/mol. The van der Waals surface area contributed by atoms with Gasteiger partial charge in [0.05, 0.1) is 0 Å². The summed E-state index contributed by atoms with van der Waals surface area (Å²) in [5.41, 5.74) is 5.20. The first-order chi connectivity index (χ1) is 14.8. The minimum absolute atomic E-state index is 0.303. The molecule has 1 aliphatic heterocycles. The number of amides is 2. The van der Waals surface area contributed by atoms with Crippen LogP contribution in [0.25, 0.3) is 0 Å². The Bertz CT molecular complexity index is 961. The van der Waals surface area contributed by atoms with Crippen LogP contribution in [0.1, 0.15) is 39.9 Å². The number of aryl methyl sites for hydroxylation is 3. The van der Waals surface area contributed by atoms with Gasteiger partial charge in [-0.1, -0.05) is 17.2 Å². The summed E-state index contributed by atoms with van der Waals surface area (Å²) >= 11 is 0. The highest BCUT2D eigenvalue weighted by Gasteiger charge is 2.15. The van der Waals surface area contributed by atoms with Crippen molar-refractivity contribution in [1.82, 2.24) is 5.32 Å². The van der Waals surface area contributed by atoms with Crippen LogP contribution in [0.3, 0.4) is 0 Å². The number of ether oxygens (including phenoxy) is 1. The number of carbonyl (C=O) groups excluding carboxylic acids is 3. The molecule has 0 radical (unpaired) electrons. The minimum Gasteiger partial charge on any atom is -0.454 e. The summed E-state index contributed by atoms with van der Waals surface area (Å²) in [6, 6.07) is 11.4. The zero-order valence-corrected chi connectivity index (χ0v) is 18.3. The van der Waals surface area contributed by atoms with Gasteiger partial charge in [-0.15, -0.1) is 0 Å². The normalized spacial score (nSPS) is 13.1. The highest BCUT2D eigenvalue weighted by molar-refractivity contribution is 5.97. The summed E-state index contributed by atoms with van der Waals surface area (Å²) in [7, 11) is 0. The molecule has 7 heteroatoms. The van der Waals surface area contributed by atoms with Crippen molar-refractivity contribution in [2.24, 2.45) is 0 Å². The molecular formula is C24H29N3O4. The van der Waals surface area contributed by atoms with Crippen molar-refractivity contribution >= 4 is 29.2 Å². The van der Waals surface area contributed by atoms with Gasteiger partial charge in [0.1, 0.15) is 6.54 Å². The molecule has 1 aliphatic rings. The van der Waals surface area contributed by atoms with Crippen LogP contribution in [0.2, 0.25) is 0 Å². The second-order valence-corrected chi connectivity index (χ2v) is 7.96. The Morgan fingerprint density at radius 1 is 0.968 bits per heavy atom. The molecule has 2 N–H and O–H groups in total. The minimum atomic E-state index is -0.672. The smallest absolute Gasteiger partial charge is 0.325 e. The number of esters is 1. The first-order valence-electron chi connectivity index (χ1n) is 10.5. The van der Waals surface area contributed by atoms with Gasteiger partial charge in [0.15, 0.2) is 6.61 Å². The van der Waals surface area contributed by atoms with E-state index in [0.717, 1.165) is 35.5 Å². The first-order valence-corrected chi connectivity index (χ1v) is 10.5. The molecule has 0 bridgehead atoms. The summed E-state index contributed by atoms with van der Waals surface area (Å²) in [4.78, 5) is 38.6. The first kappa shape index (κ1) is 22.3. The molecule has 164 valence electrons. The van der Waals surface area contributed by atoms with Crippen LogP contribution in [0, 0.1) is 20.8 Å². The molecule has 1 saturated heterocycles. The summed E-state index contributed by atoms with van der Waals surface area (Å²) in [5.74, 6) is -1.46. The van der Waals surface area contributed by atoms with E-state index >= 15 is 0 Å². The number of carbonyl (C=O) groups is 3. The zero-order valence-electron chi connectivity index (χ0n) is 18.3. The highest BCUT2D eigenvalue weighted by Crippen LogP contribution is 2.25. The van der Waals surface area contributed by atoms with Crippen LogP contribution in [-0.2, 0) is 14.3 Å². The molecule has 31 heavy (non-hydrogen) atoms. The average Bonchev–Trinajstić information content (AvgIpc) is 3.26. The van der Waals surface area contributed by atoms with Crippen LogP contribution in [0.4, 0.5) is 11.4 Å². The zero-order chi connectivity index (χ0) is 22.4. The Labute approximate surface area is 182 Å². The van der Waals surface area contributed by atoms with Crippen molar-refractivity contribution in [3.8, 4) is 0 Å². The fourth-order valence-corrected chi connectivity index (χ4v) is 3.70. The van der Waals surface area contributed by atoms with E-state index in [2.05, 4.69) is 21.6 Å². The second-order valence-electron chi connectivity index (χ2n) is 7.96. The van der Waals surface area contributed by atoms with Crippen LogP contribution >= 0.6 is 0 Å². The van der Waals surface area contributed by atoms with Gasteiger partial charge in [-0.25, -0.2) is 0 Å². The molecule has 2 aromatic carbocycles. The van der Waals surface area contributed by atoms with Gasteiger partial charge in [0, 0.05) is 30.0 Å². The van der Waals surface area contributed by atoms with Crippen molar-refractivity contribution in [3.05, 3.63) is 58.7 Å². The van der Waals surface area contributed by atoms with Crippen LogP contribution < -0.4 is 15.5 Å². The Morgan fingerprint density at radius 3 is 2.29 bits per heavy atom. The van der Waals surface area contributed by atoms with E-state index in [1.165, 1.54) is 12.8 Å². The maximum atomic E-state index is 12.2. The fraction of sp³-hybridized carbons (Fsp3) is 0.375. The third kappa shape index (κ3) is 6.31. The Morgan fingerprint density at radius 2 is 1.65 bits per heavy atom. The largest absolute Gasteiger partial charge is 0.454 e. The maximum Gasteiger partial charge on any atom is 0.325 e. The number of hydrogen-bond donors (Lipinski definition) is 2. The average molecular weight is 424 g/mol. The van der Waals surface area contributed by atoms with E-state index in [0.29, 0.717) is 11.3 Å². The lowest BCUT2D eigenvalue weighted by Crippen LogP contribution is -2.32. The lowest BCUT2D eigenvalue weighted by Gasteiger charge is -2.19. The van der Waals surface area contributed by atoms with Gasteiger partial charge in [-0.3, -0.25) is 14.4 Å². The molecule has 1 fully saturated rings. The van der Waals surface area contributed by atoms with Gasteiger partial charge in [0.25, 0.3) is 11.8 Å². The molecule has 2 aromatic rings. The number of anilines is 2. The van der Waals surface area contributed by atoms with Crippen LogP contribution in [-0.4, -0.2) is 44.0 Å². The lowest BCUT2D eigenvalue weighted by atomic mass is 10.1. The summed E-state index contributed by atoms with van der Waals surface area (Å²) < 4.78 is 4.98. The number of hydrogen-bond acceptors (Lipinski definition) is 5. The predicted molar refractivity (Wildman–Crippen MR) is 120 cm³/mol. The highest BCUT2D eigenvalue weighted by atomic mass is 16.5. The number of benzene rings is 2. The summed E-state index contributed by atoms with van der Waals surface area (Å²) in [6.07, 6.45) is 2.40. The van der Waals surface area contributed by atoms with Crippen molar-refractivity contribution in [3.63, 3.8) is 0 Å². The maximum absolute atomic E-state index is 12.2. The molecule has 1 heterocycles. The summed E-state index contributed by atoms with van der Waals surface area (Å²) in [5, 5.41) is 5.28. The van der Waals surface area contributed by atoms with Gasteiger partial charge in [-0.05, 0) is 69.5 Å². The van der Waals surface area contributed by atoms with Crippen LogP contribution in [0.5, 0.6) is 0 Å². The number of nitrogens with one attached hydrogen (secondary N) is 2. The molecule has 0 aromatic heterocycles. The van der Waals surface area contributed by atoms with Crippen molar-refractivity contribution in [2.45, 2.75) is 33.6 Å². The molecule has 0 unspecified atom stereocenters. The van der Waals surface area contributed by atoms with E-state index in [1.54, 1.807) is 12.1 Å². The molecule has 2 amide bonds. The van der Waals surface area contributed by atoms with E-state index in [-0.39, 0.29) is 12.5 Å². The van der Waals surface area contributed by atoms with E-state index in [1.807, 2.05) is 39.0 Å². The van der Waals surface area contributed by atoms with E-state index in [9.17, 15) is 14.4 Å². The molecule has 7 nitrogen and oxygen atoms in total. The lowest BCUT2D eigenvalue weighted by molar-refractivity contribution is -0.146. The Kier molecular flexibility index (Phi) is 7.28. The van der Waals surface area contributed by atoms with Gasteiger partial charge in [-0.2, -0.15) is 0 Å².